The van der Waals surface area contributed by atoms with Crippen molar-refractivity contribution in [3.05, 3.63) is 0 Å². The van der Waals surface area contributed by atoms with E-state index in [0.717, 1.165) is 25.8 Å². The van der Waals surface area contributed by atoms with Gasteiger partial charge in [0.05, 0.1) is 0 Å². The molecule has 0 radical (unpaired) electrons. The van der Waals surface area contributed by atoms with Gasteiger partial charge in [0.15, 0.2) is 0 Å². The molecule has 2 nitrogen and oxygen atoms in total. The Bertz CT molecular complexity index is 191. The van der Waals surface area contributed by atoms with Crippen LogP contribution in [0.1, 0.15) is 65.2 Å². The number of hydrogen-bond donors (Lipinski definition) is 0. The van der Waals surface area contributed by atoms with Crippen molar-refractivity contribution in [2.45, 2.75) is 71.3 Å². The number of piperidine rings is 1. The number of rotatable bonds is 6. The second-order valence-corrected chi connectivity index (χ2v) is 4.63. The van der Waals surface area contributed by atoms with Crippen LogP contribution < -0.4 is 0 Å². The molecule has 1 aliphatic rings. The number of carbonyl (C=O) groups is 1. The third-order valence-corrected chi connectivity index (χ3v) is 3.33. The number of carbonyl (C=O) groups excluding carboxylic acids is 1. The maximum absolute atomic E-state index is 11.8. The lowest BCUT2D eigenvalue weighted by molar-refractivity contribution is -0.136. The van der Waals surface area contributed by atoms with Gasteiger partial charge >= 0.3 is 0 Å². The predicted molar refractivity (Wildman–Crippen MR) is 63.8 cm³/mol. The van der Waals surface area contributed by atoms with Crippen molar-refractivity contribution >= 4 is 5.91 Å². The van der Waals surface area contributed by atoms with Crippen molar-refractivity contribution < 1.29 is 4.79 Å². The summed E-state index contributed by atoms with van der Waals surface area (Å²) in [5.74, 6) is 0.399. The summed E-state index contributed by atoms with van der Waals surface area (Å²) in [7, 11) is 0. The molecule has 1 saturated heterocycles. The lowest BCUT2D eigenvalue weighted by Gasteiger charge is -2.36. The zero-order valence-corrected chi connectivity index (χ0v) is 10.3. The van der Waals surface area contributed by atoms with E-state index in [1.807, 2.05) is 0 Å². The SMILES string of the molecule is CCCCC1CCCC(=O)N1CCCC. The van der Waals surface area contributed by atoms with Crippen LogP contribution in [0, 0.1) is 0 Å². The molecule has 1 aliphatic heterocycles. The standard InChI is InChI=1S/C13H25NO/c1-3-5-8-12-9-7-10-13(15)14(12)11-6-4-2/h12H,3-11H2,1-2H3. The van der Waals surface area contributed by atoms with Crippen LogP contribution in [0.3, 0.4) is 0 Å². The van der Waals surface area contributed by atoms with Crippen LogP contribution >= 0.6 is 0 Å². The third-order valence-electron chi connectivity index (χ3n) is 3.33. The van der Waals surface area contributed by atoms with Gasteiger partial charge in [0.1, 0.15) is 0 Å². The molecular formula is C13H25NO. The predicted octanol–water partition coefficient (Wildman–Crippen LogP) is 3.36. The van der Waals surface area contributed by atoms with Gasteiger partial charge in [0.2, 0.25) is 5.91 Å². The average molecular weight is 211 g/mol. The Morgan fingerprint density at radius 2 is 2.00 bits per heavy atom. The Morgan fingerprint density at radius 3 is 2.67 bits per heavy atom. The van der Waals surface area contributed by atoms with Crippen molar-refractivity contribution in [2.24, 2.45) is 0 Å². The molecular weight excluding hydrogens is 186 g/mol. The van der Waals surface area contributed by atoms with Crippen LogP contribution in [0.4, 0.5) is 0 Å². The van der Waals surface area contributed by atoms with Crippen LogP contribution in [0.2, 0.25) is 0 Å². The highest BCUT2D eigenvalue weighted by Gasteiger charge is 2.26. The molecule has 1 heterocycles. The molecule has 0 saturated carbocycles. The molecule has 0 aromatic rings. The molecule has 1 atom stereocenters. The van der Waals surface area contributed by atoms with Crippen LogP contribution in [0.5, 0.6) is 0 Å². The van der Waals surface area contributed by atoms with Crippen LogP contribution in [-0.2, 0) is 4.79 Å². The molecule has 15 heavy (non-hydrogen) atoms. The van der Waals surface area contributed by atoms with E-state index in [-0.39, 0.29) is 0 Å². The second-order valence-electron chi connectivity index (χ2n) is 4.63. The van der Waals surface area contributed by atoms with Gasteiger partial charge in [0.25, 0.3) is 0 Å². The van der Waals surface area contributed by atoms with Crippen molar-refractivity contribution in [2.75, 3.05) is 6.54 Å². The van der Waals surface area contributed by atoms with E-state index >= 15 is 0 Å². The van der Waals surface area contributed by atoms with Gasteiger partial charge in [-0.3, -0.25) is 4.79 Å². The van der Waals surface area contributed by atoms with Crippen LogP contribution in [0.25, 0.3) is 0 Å². The van der Waals surface area contributed by atoms with E-state index < -0.39 is 0 Å². The maximum atomic E-state index is 11.8. The summed E-state index contributed by atoms with van der Waals surface area (Å²) in [6.45, 7) is 5.40. The number of unbranched alkanes of at least 4 members (excludes halogenated alkanes) is 2. The normalized spacial score (nSPS) is 22.1. The highest BCUT2D eigenvalue weighted by molar-refractivity contribution is 5.77. The molecule has 0 N–H and O–H groups in total. The highest BCUT2D eigenvalue weighted by Crippen LogP contribution is 2.22. The summed E-state index contributed by atoms with van der Waals surface area (Å²) < 4.78 is 0. The van der Waals surface area contributed by atoms with E-state index in [2.05, 4.69) is 18.7 Å². The van der Waals surface area contributed by atoms with Gasteiger partial charge in [-0.25, -0.2) is 0 Å². The summed E-state index contributed by atoms with van der Waals surface area (Å²) in [5.41, 5.74) is 0. The first-order chi connectivity index (χ1) is 7.29. The van der Waals surface area contributed by atoms with E-state index in [9.17, 15) is 4.79 Å². The van der Waals surface area contributed by atoms with Crippen molar-refractivity contribution in [3.63, 3.8) is 0 Å². The number of nitrogens with zero attached hydrogens (tertiary/aromatic N) is 1. The first-order valence-corrected chi connectivity index (χ1v) is 6.59. The Balaban J connectivity index is 2.44. The fourth-order valence-electron chi connectivity index (χ4n) is 2.37. The molecule has 2 heteroatoms. The largest absolute Gasteiger partial charge is 0.340 e. The zero-order chi connectivity index (χ0) is 11.1. The molecule has 88 valence electrons. The fraction of sp³-hybridized carbons (Fsp3) is 0.923. The van der Waals surface area contributed by atoms with Crippen LogP contribution in [0.15, 0.2) is 0 Å². The first-order valence-electron chi connectivity index (χ1n) is 6.59. The second kappa shape index (κ2) is 6.86. The molecule has 0 aromatic carbocycles. The molecule has 1 amide bonds. The smallest absolute Gasteiger partial charge is 0.222 e. The minimum atomic E-state index is 0.399. The summed E-state index contributed by atoms with van der Waals surface area (Å²) in [4.78, 5) is 14.0. The molecule has 0 spiro atoms. The van der Waals surface area contributed by atoms with Crippen LogP contribution in [-0.4, -0.2) is 23.4 Å². The molecule has 1 fully saturated rings. The van der Waals surface area contributed by atoms with Gasteiger partial charge in [-0.05, 0) is 25.7 Å². The molecule has 1 rings (SSSR count). The van der Waals surface area contributed by atoms with E-state index in [4.69, 9.17) is 0 Å². The first kappa shape index (κ1) is 12.5. The number of amides is 1. The van der Waals surface area contributed by atoms with E-state index in [1.165, 1.54) is 32.1 Å². The summed E-state index contributed by atoms with van der Waals surface area (Å²) in [6.07, 6.45) is 9.19. The Labute approximate surface area is 94.0 Å². The quantitative estimate of drug-likeness (QED) is 0.659. The fourth-order valence-corrected chi connectivity index (χ4v) is 2.37. The summed E-state index contributed by atoms with van der Waals surface area (Å²) in [6, 6.07) is 0.553. The van der Waals surface area contributed by atoms with Crippen molar-refractivity contribution in [1.82, 2.24) is 4.90 Å². The summed E-state index contributed by atoms with van der Waals surface area (Å²) in [5, 5.41) is 0. The van der Waals surface area contributed by atoms with Gasteiger partial charge < -0.3 is 4.90 Å². The maximum Gasteiger partial charge on any atom is 0.222 e. The highest BCUT2D eigenvalue weighted by atomic mass is 16.2. The molecule has 0 aromatic heterocycles. The van der Waals surface area contributed by atoms with Crippen molar-refractivity contribution in [3.8, 4) is 0 Å². The number of hydrogen-bond acceptors (Lipinski definition) is 1. The Hall–Kier alpha value is -0.530. The molecule has 0 aliphatic carbocycles. The van der Waals surface area contributed by atoms with Gasteiger partial charge in [0, 0.05) is 19.0 Å². The Kier molecular flexibility index (Phi) is 5.74. The monoisotopic (exact) mass is 211 g/mol. The van der Waals surface area contributed by atoms with E-state index in [1.54, 1.807) is 0 Å². The molecule has 0 bridgehead atoms. The van der Waals surface area contributed by atoms with Gasteiger partial charge in [-0.1, -0.05) is 33.1 Å². The summed E-state index contributed by atoms with van der Waals surface area (Å²) >= 11 is 0. The van der Waals surface area contributed by atoms with E-state index in [0.29, 0.717) is 11.9 Å². The minimum absolute atomic E-state index is 0.399. The van der Waals surface area contributed by atoms with Gasteiger partial charge in [-0.2, -0.15) is 0 Å². The lowest BCUT2D eigenvalue weighted by atomic mass is 9.96. The Morgan fingerprint density at radius 1 is 1.27 bits per heavy atom. The number of likely N-dealkylation sites (tertiary alicyclic amines) is 1. The van der Waals surface area contributed by atoms with Crippen molar-refractivity contribution in [1.29, 1.82) is 0 Å². The minimum Gasteiger partial charge on any atom is -0.340 e. The average Bonchev–Trinajstić information content (AvgIpc) is 2.25. The topological polar surface area (TPSA) is 20.3 Å². The zero-order valence-electron chi connectivity index (χ0n) is 10.3. The third kappa shape index (κ3) is 3.84. The van der Waals surface area contributed by atoms with Gasteiger partial charge in [-0.15, -0.1) is 0 Å². The molecule has 1 unspecified atom stereocenters. The lowest BCUT2D eigenvalue weighted by Crippen LogP contribution is -2.44.